The summed E-state index contributed by atoms with van der Waals surface area (Å²) < 4.78 is 7.30. The maximum atomic E-state index is 5.49. The first kappa shape index (κ1) is 18.1. The molecule has 148 valence electrons. The van der Waals surface area contributed by atoms with Crippen molar-refractivity contribution < 1.29 is 4.74 Å². The minimum absolute atomic E-state index is 0.486. The SMILES string of the molecule is COc1ccccc1-c1csc(C2CCN(c3ccc4nnc(C)n4n3)CC2)n1. The normalized spacial score (nSPS) is 15.2. The molecule has 0 atom stereocenters. The number of benzene rings is 1. The summed E-state index contributed by atoms with van der Waals surface area (Å²) in [5.74, 6) is 3.14. The predicted molar refractivity (Wildman–Crippen MR) is 114 cm³/mol. The fraction of sp³-hybridized carbons (Fsp3) is 0.333. The van der Waals surface area contributed by atoms with Crippen molar-refractivity contribution in [3.63, 3.8) is 0 Å². The molecule has 1 aromatic carbocycles. The molecule has 29 heavy (non-hydrogen) atoms. The molecule has 0 amide bonds. The van der Waals surface area contributed by atoms with Crippen molar-refractivity contribution in [2.24, 2.45) is 0 Å². The second kappa shape index (κ2) is 7.44. The Kier molecular flexibility index (Phi) is 4.63. The summed E-state index contributed by atoms with van der Waals surface area (Å²) in [4.78, 5) is 7.28. The highest BCUT2D eigenvalue weighted by Gasteiger charge is 2.24. The lowest BCUT2D eigenvalue weighted by Gasteiger charge is -2.31. The Morgan fingerprint density at radius 2 is 1.90 bits per heavy atom. The van der Waals surface area contributed by atoms with Crippen LogP contribution < -0.4 is 9.64 Å². The molecule has 8 heteroatoms. The summed E-state index contributed by atoms with van der Waals surface area (Å²) in [6, 6.07) is 12.1. The van der Waals surface area contributed by atoms with Gasteiger partial charge in [0, 0.05) is 30.0 Å². The summed E-state index contributed by atoms with van der Waals surface area (Å²) >= 11 is 1.75. The lowest BCUT2D eigenvalue weighted by atomic mass is 9.97. The van der Waals surface area contributed by atoms with E-state index in [-0.39, 0.29) is 0 Å². The van der Waals surface area contributed by atoms with Crippen molar-refractivity contribution in [2.45, 2.75) is 25.7 Å². The van der Waals surface area contributed by atoms with Gasteiger partial charge >= 0.3 is 0 Å². The summed E-state index contributed by atoms with van der Waals surface area (Å²) in [5, 5.41) is 16.3. The molecule has 4 aromatic rings. The number of methoxy groups -OCH3 is 1. The van der Waals surface area contributed by atoms with Crippen molar-refractivity contribution in [3.05, 3.63) is 52.6 Å². The number of rotatable bonds is 4. The van der Waals surface area contributed by atoms with Crippen molar-refractivity contribution in [3.8, 4) is 17.0 Å². The van der Waals surface area contributed by atoms with Crippen molar-refractivity contribution in [2.75, 3.05) is 25.1 Å². The fourth-order valence-corrected chi connectivity index (χ4v) is 4.86. The van der Waals surface area contributed by atoms with Gasteiger partial charge in [0.25, 0.3) is 0 Å². The van der Waals surface area contributed by atoms with Gasteiger partial charge in [0.15, 0.2) is 11.5 Å². The van der Waals surface area contributed by atoms with Gasteiger partial charge in [0.05, 0.1) is 17.8 Å². The number of thiazole rings is 1. The van der Waals surface area contributed by atoms with Gasteiger partial charge in [0.1, 0.15) is 11.6 Å². The lowest BCUT2D eigenvalue weighted by Crippen LogP contribution is -2.33. The van der Waals surface area contributed by atoms with Gasteiger partial charge in [-0.15, -0.1) is 26.6 Å². The summed E-state index contributed by atoms with van der Waals surface area (Å²) in [6.45, 7) is 3.85. The van der Waals surface area contributed by atoms with Crippen LogP contribution in [0.1, 0.15) is 29.6 Å². The molecule has 7 nitrogen and oxygen atoms in total. The van der Waals surface area contributed by atoms with E-state index >= 15 is 0 Å². The molecule has 1 aliphatic heterocycles. The van der Waals surface area contributed by atoms with E-state index in [1.54, 1.807) is 18.4 Å². The molecule has 1 aliphatic rings. The molecular weight excluding hydrogens is 384 g/mol. The summed E-state index contributed by atoms with van der Waals surface area (Å²) in [7, 11) is 1.70. The number of nitrogens with zero attached hydrogens (tertiary/aromatic N) is 6. The molecule has 0 unspecified atom stereocenters. The van der Waals surface area contributed by atoms with Crippen LogP contribution in [0.25, 0.3) is 16.9 Å². The quantitative estimate of drug-likeness (QED) is 0.511. The highest BCUT2D eigenvalue weighted by Crippen LogP contribution is 2.36. The number of para-hydroxylation sites is 1. The molecule has 0 radical (unpaired) electrons. The second-order valence-electron chi connectivity index (χ2n) is 7.24. The molecule has 0 saturated carbocycles. The Morgan fingerprint density at radius 3 is 2.72 bits per heavy atom. The Morgan fingerprint density at radius 1 is 1.07 bits per heavy atom. The maximum absolute atomic E-state index is 5.49. The van der Waals surface area contributed by atoms with Crippen LogP contribution in [-0.2, 0) is 0 Å². The zero-order chi connectivity index (χ0) is 19.8. The van der Waals surface area contributed by atoms with Crippen molar-refractivity contribution >= 4 is 22.8 Å². The van der Waals surface area contributed by atoms with Crippen LogP contribution in [0.2, 0.25) is 0 Å². The van der Waals surface area contributed by atoms with E-state index < -0.39 is 0 Å². The largest absolute Gasteiger partial charge is 0.496 e. The van der Waals surface area contributed by atoms with Crippen LogP contribution in [0.15, 0.2) is 41.8 Å². The third kappa shape index (κ3) is 3.33. The summed E-state index contributed by atoms with van der Waals surface area (Å²) in [6.07, 6.45) is 2.14. The van der Waals surface area contributed by atoms with Gasteiger partial charge < -0.3 is 9.64 Å². The van der Waals surface area contributed by atoms with Crippen molar-refractivity contribution in [1.29, 1.82) is 0 Å². The van der Waals surface area contributed by atoms with E-state index in [2.05, 4.69) is 26.5 Å². The zero-order valence-corrected chi connectivity index (χ0v) is 17.3. The van der Waals surface area contributed by atoms with E-state index in [1.165, 1.54) is 5.01 Å². The van der Waals surface area contributed by atoms with Gasteiger partial charge in [-0.05, 0) is 44.0 Å². The third-order valence-electron chi connectivity index (χ3n) is 5.48. The van der Waals surface area contributed by atoms with Gasteiger partial charge in [-0.2, -0.15) is 4.52 Å². The minimum Gasteiger partial charge on any atom is -0.496 e. The monoisotopic (exact) mass is 406 g/mol. The van der Waals surface area contributed by atoms with Crippen molar-refractivity contribution in [1.82, 2.24) is 24.8 Å². The smallest absolute Gasteiger partial charge is 0.178 e. The molecule has 5 rings (SSSR count). The highest BCUT2D eigenvalue weighted by molar-refractivity contribution is 7.10. The van der Waals surface area contributed by atoms with Gasteiger partial charge in [-0.1, -0.05) is 12.1 Å². The van der Waals surface area contributed by atoms with E-state index in [0.717, 1.165) is 60.2 Å². The number of anilines is 1. The first-order valence-corrected chi connectivity index (χ1v) is 10.6. The average molecular weight is 407 g/mol. The molecule has 1 saturated heterocycles. The molecule has 0 aliphatic carbocycles. The number of hydrogen-bond acceptors (Lipinski definition) is 7. The van der Waals surface area contributed by atoms with Crippen LogP contribution in [-0.4, -0.2) is 45.0 Å². The number of piperidine rings is 1. The van der Waals surface area contributed by atoms with Gasteiger partial charge in [-0.3, -0.25) is 0 Å². The molecule has 3 aromatic heterocycles. The Bertz CT molecular complexity index is 1150. The first-order valence-electron chi connectivity index (χ1n) is 9.76. The Labute approximate surface area is 173 Å². The second-order valence-corrected chi connectivity index (χ2v) is 8.13. The number of aromatic nitrogens is 5. The fourth-order valence-electron chi connectivity index (χ4n) is 3.87. The van der Waals surface area contributed by atoms with Crippen LogP contribution in [0.4, 0.5) is 5.82 Å². The van der Waals surface area contributed by atoms with Gasteiger partial charge in [0.2, 0.25) is 0 Å². The number of aryl methyl sites for hydroxylation is 1. The first-order chi connectivity index (χ1) is 14.2. The Balaban J connectivity index is 1.30. The number of ether oxygens (including phenoxy) is 1. The van der Waals surface area contributed by atoms with E-state index in [4.69, 9.17) is 14.8 Å². The molecule has 1 fully saturated rings. The predicted octanol–water partition coefficient (Wildman–Crippen LogP) is 3.95. The zero-order valence-electron chi connectivity index (χ0n) is 16.4. The van der Waals surface area contributed by atoms with E-state index in [9.17, 15) is 0 Å². The van der Waals surface area contributed by atoms with Crippen LogP contribution >= 0.6 is 11.3 Å². The third-order valence-corrected chi connectivity index (χ3v) is 6.48. The Hall–Kier alpha value is -3.00. The lowest BCUT2D eigenvalue weighted by molar-refractivity contribution is 0.416. The van der Waals surface area contributed by atoms with E-state index in [1.807, 2.05) is 41.8 Å². The van der Waals surface area contributed by atoms with Gasteiger partial charge in [-0.25, -0.2) is 4.98 Å². The van der Waals surface area contributed by atoms with Crippen LogP contribution in [0.5, 0.6) is 5.75 Å². The van der Waals surface area contributed by atoms with Crippen LogP contribution in [0.3, 0.4) is 0 Å². The molecule has 0 bridgehead atoms. The molecular formula is C21H22N6OS. The minimum atomic E-state index is 0.486. The van der Waals surface area contributed by atoms with E-state index in [0.29, 0.717) is 5.92 Å². The molecule has 0 N–H and O–H groups in total. The maximum Gasteiger partial charge on any atom is 0.178 e. The number of hydrogen-bond donors (Lipinski definition) is 0. The standard InChI is InChI=1S/C21H22N6OS/c1-14-23-24-19-7-8-20(25-27(14)19)26-11-9-15(10-12-26)21-22-17(13-29-21)16-5-3-4-6-18(16)28-2/h3-8,13,15H,9-12H2,1-2H3. The summed E-state index contributed by atoms with van der Waals surface area (Å²) in [5.41, 5.74) is 2.84. The average Bonchev–Trinajstić information content (AvgIpc) is 3.41. The molecule has 4 heterocycles. The van der Waals surface area contributed by atoms with Crippen LogP contribution in [0, 0.1) is 6.92 Å². The highest BCUT2D eigenvalue weighted by atomic mass is 32.1. The molecule has 0 spiro atoms. The number of fused-ring (bicyclic) bond motifs is 1. The topological polar surface area (TPSA) is 68.4 Å².